The molecule has 1 fully saturated rings. The van der Waals surface area contributed by atoms with E-state index >= 15 is 0 Å². The van der Waals surface area contributed by atoms with Crippen molar-refractivity contribution in [3.05, 3.63) is 29.3 Å². The first-order chi connectivity index (χ1) is 8.13. The predicted octanol–water partition coefficient (Wildman–Crippen LogP) is 1.20. The molecule has 0 atom stereocenters. The van der Waals surface area contributed by atoms with Gasteiger partial charge in [0.15, 0.2) is 5.78 Å². The van der Waals surface area contributed by atoms with Gasteiger partial charge in [-0.25, -0.2) is 0 Å². The van der Waals surface area contributed by atoms with Crippen LogP contribution in [0.15, 0.2) is 18.2 Å². The lowest BCUT2D eigenvalue weighted by molar-refractivity contribution is -0.109. The number of ether oxygens (including phenoxy) is 2. The summed E-state index contributed by atoms with van der Waals surface area (Å²) < 4.78 is 10.2. The van der Waals surface area contributed by atoms with Gasteiger partial charge in [0.25, 0.3) is 0 Å². The summed E-state index contributed by atoms with van der Waals surface area (Å²) in [7, 11) is 1.53. The minimum atomic E-state index is -0.777. The molecule has 0 bridgehead atoms. The third kappa shape index (κ3) is 1.94. The largest absolute Gasteiger partial charge is 0.496 e. The van der Waals surface area contributed by atoms with Crippen LogP contribution in [0.2, 0.25) is 0 Å². The fourth-order valence-corrected chi connectivity index (χ4v) is 1.93. The zero-order valence-corrected chi connectivity index (χ0v) is 10.0. The summed E-state index contributed by atoms with van der Waals surface area (Å²) in [4.78, 5) is 12.4. The van der Waals surface area contributed by atoms with Crippen molar-refractivity contribution in [3.63, 3.8) is 0 Å². The van der Waals surface area contributed by atoms with Crippen LogP contribution in [-0.2, 0) is 4.74 Å². The number of benzene rings is 1. The van der Waals surface area contributed by atoms with Gasteiger partial charge in [0.1, 0.15) is 11.2 Å². The van der Waals surface area contributed by atoms with Crippen LogP contribution in [0.4, 0.5) is 0 Å². The first-order valence-corrected chi connectivity index (χ1v) is 5.51. The van der Waals surface area contributed by atoms with E-state index in [0.717, 1.165) is 5.56 Å². The molecular weight excluding hydrogens is 220 g/mol. The molecular formula is C13H16O4. The average Bonchev–Trinajstić information content (AvgIpc) is 2.28. The van der Waals surface area contributed by atoms with E-state index in [2.05, 4.69) is 0 Å². The van der Waals surface area contributed by atoms with Crippen LogP contribution in [0.5, 0.6) is 5.75 Å². The second-order valence-corrected chi connectivity index (χ2v) is 4.46. The van der Waals surface area contributed by atoms with Crippen LogP contribution >= 0.6 is 0 Å². The van der Waals surface area contributed by atoms with Crippen LogP contribution in [0.1, 0.15) is 15.9 Å². The Kier molecular flexibility index (Phi) is 3.17. The van der Waals surface area contributed by atoms with E-state index in [1.54, 1.807) is 12.1 Å². The molecule has 4 heteroatoms. The van der Waals surface area contributed by atoms with Crippen molar-refractivity contribution in [2.75, 3.05) is 26.9 Å². The van der Waals surface area contributed by atoms with E-state index in [1.165, 1.54) is 7.11 Å². The number of hydrogen-bond donors (Lipinski definition) is 1. The Morgan fingerprint density at radius 3 is 2.71 bits per heavy atom. The zero-order valence-electron chi connectivity index (χ0n) is 10.0. The van der Waals surface area contributed by atoms with Gasteiger partial charge >= 0.3 is 0 Å². The standard InChI is InChI=1S/C13H16O4/c1-9-3-4-11(16-2)10(5-9)12(15)13(6-14)7-17-8-13/h3-5,14H,6-8H2,1-2H3. The van der Waals surface area contributed by atoms with Crippen molar-refractivity contribution in [3.8, 4) is 5.75 Å². The molecule has 1 aliphatic heterocycles. The van der Waals surface area contributed by atoms with Crippen molar-refractivity contribution >= 4 is 5.78 Å². The number of aryl methyl sites for hydroxylation is 1. The molecule has 2 rings (SSSR count). The Hall–Kier alpha value is -1.39. The van der Waals surface area contributed by atoms with Crippen molar-refractivity contribution in [1.29, 1.82) is 0 Å². The summed E-state index contributed by atoms with van der Waals surface area (Å²) >= 11 is 0. The zero-order chi connectivity index (χ0) is 12.5. The van der Waals surface area contributed by atoms with Crippen molar-refractivity contribution in [2.24, 2.45) is 5.41 Å². The molecule has 1 aliphatic rings. The Labute approximate surface area is 100 Å². The third-order valence-electron chi connectivity index (χ3n) is 3.14. The smallest absolute Gasteiger partial charge is 0.179 e. The molecule has 17 heavy (non-hydrogen) atoms. The highest BCUT2D eigenvalue weighted by Gasteiger charge is 2.46. The van der Waals surface area contributed by atoms with Gasteiger partial charge in [-0.2, -0.15) is 0 Å². The van der Waals surface area contributed by atoms with Crippen molar-refractivity contribution < 1.29 is 19.4 Å². The van der Waals surface area contributed by atoms with Gasteiger partial charge in [-0.15, -0.1) is 0 Å². The number of aliphatic hydroxyl groups excluding tert-OH is 1. The summed E-state index contributed by atoms with van der Waals surface area (Å²) in [6.45, 7) is 2.28. The topological polar surface area (TPSA) is 55.8 Å². The van der Waals surface area contributed by atoms with Gasteiger partial charge in [0.2, 0.25) is 0 Å². The highest BCUT2D eigenvalue weighted by Crippen LogP contribution is 2.34. The van der Waals surface area contributed by atoms with Crippen LogP contribution in [0.3, 0.4) is 0 Å². The third-order valence-corrected chi connectivity index (χ3v) is 3.14. The van der Waals surface area contributed by atoms with Crippen LogP contribution in [0.25, 0.3) is 0 Å². The Bertz CT molecular complexity index is 430. The number of methoxy groups -OCH3 is 1. The molecule has 1 N–H and O–H groups in total. The number of Topliss-reactive ketones (excluding diaryl/α,β-unsaturated/α-hetero) is 1. The molecule has 4 nitrogen and oxygen atoms in total. The second kappa shape index (κ2) is 4.47. The molecule has 0 saturated carbocycles. The van der Waals surface area contributed by atoms with E-state index in [1.807, 2.05) is 13.0 Å². The molecule has 0 spiro atoms. The van der Waals surface area contributed by atoms with E-state index in [4.69, 9.17) is 9.47 Å². The summed E-state index contributed by atoms with van der Waals surface area (Å²) in [5.41, 5.74) is 0.730. The fourth-order valence-electron chi connectivity index (χ4n) is 1.93. The van der Waals surface area contributed by atoms with Gasteiger partial charge in [0.05, 0.1) is 32.5 Å². The summed E-state index contributed by atoms with van der Waals surface area (Å²) in [5.74, 6) is 0.437. The number of carbonyl (C=O) groups excluding carboxylic acids is 1. The fraction of sp³-hybridized carbons (Fsp3) is 0.462. The minimum Gasteiger partial charge on any atom is -0.496 e. The Morgan fingerprint density at radius 2 is 2.24 bits per heavy atom. The SMILES string of the molecule is COc1ccc(C)cc1C(=O)C1(CO)COC1. The maximum Gasteiger partial charge on any atom is 0.179 e. The molecule has 0 unspecified atom stereocenters. The average molecular weight is 236 g/mol. The van der Waals surface area contributed by atoms with Crippen LogP contribution < -0.4 is 4.74 Å². The highest BCUT2D eigenvalue weighted by molar-refractivity contribution is 6.03. The summed E-state index contributed by atoms with van der Waals surface area (Å²) in [5, 5.41) is 9.36. The quantitative estimate of drug-likeness (QED) is 0.798. The van der Waals surface area contributed by atoms with Gasteiger partial charge in [-0.1, -0.05) is 11.6 Å². The molecule has 1 aromatic rings. The molecule has 0 amide bonds. The monoisotopic (exact) mass is 236 g/mol. The highest BCUT2D eigenvalue weighted by atomic mass is 16.5. The number of carbonyl (C=O) groups is 1. The maximum atomic E-state index is 12.4. The first-order valence-electron chi connectivity index (χ1n) is 5.51. The lowest BCUT2D eigenvalue weighted by atomic mass is 9.79. The summed E-state index contributed by atoms with van der Waals surface area (Å²) in [6.07, 6.45) is 0. The number of aliphatic hydroxyl groups is 1. The molecule has 1 saturated heterocycles. The van der Waals surface area contributed by atoms with Crippen molar-refractivity contribution in [2.45, 2.75) is 6.92 Å². The van der Waals surface area contributed by atoms with Gasteiger partial charge in [-0.05, 0) is 19.1 Å². The summed E-state index contributed by atoms with van der Waals surface area (Å²) in [6, 6.07) is 5.45. The second-order valence-electron chi connectivity index (χ2n) is 4.46. The van der Waals surface area contributed by atoms with Gasteiger partial charge < -0.3 is 14.6 Å². The van der Waals surface area contributed by atoms with Crippen LogP contribution in [-0.4, -0.2) is 37.8 Å². The Balaban J connectivity index is 2.39. The molecule has 0 radical (unpaired) electrons. The molecule has 0 aromatic heterocycles. The first kappa shape index (κ1) is 12.1. The molecule has 0 aliphatic carbocycles. The van der Waals surface area contributed by atoms with Gasteiger partial charge in [-0.3, -0.25) is 4.79 Å². The van der Waals surface area contributed by atoms with E-state index in [0.29, 0.717) is 11.3 Å². The number of hydrogen-bond acceptors (Lipinski definition) is 4. The lowest BCUT2D eigenvalue weighted by Crippen LogP contribution is -2.51. The normalized spacial score (nSPS) is 17.4. The maximum absolute atomic E-state index is 12.4. The van der Waals surface area contributed by atoms with E-state index in [-0.39, 0.29) is 25.6 Å². The molecule has 92 valence electrons. The van der Waals surface area contributed by atoms with Crippen LogP contribution in [0, 0.1) is 12.3 Å². The predicted molar refractivity (Wildman–Crippen MR) is 62.4 cm³/mol. The molecule has 1 aromatic carbocycles. The van der Waals surface area contributed by atoms with Crippen molar-refractivity contribution in [1.82, 2.24) is 0 Å². The van der Waals surface area contributed by atoms with E-state index in [9.17, 15) is 9.90 Å². The lowest BCUT2D eigenvalue weighted by Gasteiger charge is -2.38. The van der Waals surface area contributed by atoms with E-state index < -0.39 is 5.41 Å². The van der Waals surface area contributed by atoms with Gasteiger partial charge in [0, 0.05) is 0 Å². The minimum absolute atomic E-state index is 0.105. The Morgan fingerprint density at radius 1 is 1.53 bits per heavy atom. The number of rotatable bonds is 4. The number of ketones is 1. The molecule has 1 heterocycles.